The first-order chi connectivity index (χ1) is 9.92. The van der Waals surface area contributed by atoms with Crippen LogP contribution in [0.3, 0.4) is 0 Å². The van der Waals surface area contributed by atoms with E-state index in [0.717, 1.165) is 12.1 Å². The molecular weight excluding hydrogens is 319 g/mol. The molecule has 2 rings (SSSR count). The minimum absolute atomic E-state index is 0.138. The zero-order valence-electron chi connectivity index (χ0n) is 10.4. The average Bonchev–Trinajstić information content (AvgIpc) is 2.40. The molecule has 1 atom stereocenters. The lowest BCUT2D eigenvalue weighted by Crippen LogP contribution is -2.12. The first-order valence-electron chi connectivity index (χ1n) is 5.77. The molecular formula is C15H7Cl2F2NO. The van der Waals surface area contributed by atoms with Gasteiger partial charge in [-0.3, -0.25) is 4.79 Å². The van der Waals surface area contributed by atoms with Gasteiger partial charge in [-0.2, -0.15) is 5.26 Å². The molecule has 2 nitrogen and oxygen atoms in total. The van der Waals surface area contributed by atoms with Crippen molar-refractivity contribution in [3.05, 3.63) is 69.2 Å². The van der Waals surface area contributed by atoms with Crippen LogP contribution in [0.4, 0.5) is 8.78 Å². The van der Waals surface area contributed by atoms with Crippen molar-refractivity contribution in [3.63, 3.8) is 0 Å². The van der Waals surface area contributed by atoms with Crippen molar-refractivity contribution in [2.75, 3.05) is 0 Å². The van der Waals surface area contributed by atoms with Crippen molar-refractivity contribution in [2.24, 2.45) is 0 Å². The van der Waals surface area contributed by atoms with E-state index in [9.17, 15) is 18.8 Å². The van der Waals surface area contributed by atoms with Crippen molar-refractivity contribution in [2.45, 2.75) is 5.92 Å². The van der Waals surface area contributed by atoms with Gasteiger partial charge in [-0.05, 0) is 29.8 Å². The van der Waals surface area contributed by atoms with Gasteiger partial charge in [0.05, 0.1) is 6.07 Å². The number of nitriles is 1. The van der Waals surface area contributed by atoms with Crippen molar-refractivity contribution >= 4 is 29.0 Å². The Morgan fingerprint density at radius 2 is 1.71 bits per heavy atom. The summed E-state index contributed by atoms with van der Waals surface area (Å²) in [4.78, 5) is 12.3. The summed E-state index contributed by atoms with van der Waals surface area (Å²) in [5.41, 5.74) is 0.00306. The summed E-state index contributed by atoms with van der Waals surface area (Å²) in [5.74, 6) is -3.79. The molecule has 1 unspecified atom stereocenters. The molecule has 0 radical (unpaired) electrons. The molecule has 0 fully saturated rings. The van der Waals surface area contributed by atoms with Gasteiger partial charge < -0.3 is 0 Å². The third-order valence-electron chi connectivity index (χ3n) is 2.81. The Bertz CT molecular complexity index is 736. The van der Waals surface area contributed by atoms with Crippen LogP contribution in [-0.2, 0) is 0 Å². The van der Waals surface area contributed by atoms with Crippen LogP contribution in [0.5, 0.6) is 0 Å². The molecule has 6 heteroatoms. The number of benzene rings is 2. The van der Waals surface area contributed by atoms with Gasteiger partial charge in [0.1, 0.15) is 17.6 Å². The van der Waals surface area contributed by atoms with E-state index in [4.69, 9.17) is 23.2 Å². The van der Waals surface area contributed by atoms with E-state index in [1.807, 2.05) is 0 Å². The molecule has 0 aliphatic carbocycles. The zero-order valence-corrected chi connectivity index (χ0v) is 11.9. The highest BCUT2D eigenvalue weighted by molar-refractivity contribution is 6.35. The molecule has 2 aromatic carbocycles. The highest BCUT2D eigenvalue weighted by Gasteiger charge is 2.25. The number of carbonyl (C=O) groups is 1. The van der Waals surface area contributed by atoms with E-state index in [1.165, 1.54) is 18.2 Å². The Morgan fingerprint density at radius 3 is 2.24 bits per heavy atom. The fraction of sp³-hybridized carbons (Fsp3) is 0.0667. The molecule has 0 heterocycles. The molecule has 0 N–H and O–H groups in total. The van der Waals surface area contributed by atoms with Gasteiger partial charge in [-0.1, -0.05) is 29.3 Å². The molecule has 21 heavy (non-hydrogen) atoms. The van der Waals surface area contributed by atoms with Gasteiger partial charge >= 0.3 is 0 Å². The first-order valence-corrected chi connectivity index (χ1v) is 6.53. The Hall–Kier alpha value is -1.96. The highest BCUT2D eigenvalue weighted by atomic mass is 35.5. The fourth-order valence-electron chi connectivity index (χ4n) is 1.87. The quantitative estimate of drug-likeness (QED) is 0.763. The van der Waals surface area contributed by atoms with Crippen LogP contribution in [0.1, 0.15) is 21.8 Å². The first kappa shape index (κ1) is 15.4. The molecule has 2 aromatic rings. The SMILES string of the molecule is N#CC(C(=O)c1cc(F)cc(F)c1)c1ccc(Cl)cc1Cl. The second-order valence-corrected chi connectivity index (χ2v) is 5.09. The molecule has 0 aliphatic heterocycles. The van der Waals surface area contributed by atoms with E-state index in [-0.39, 0.29) is 16.1 Å². The average molecular weight is 326 g/mol. The summed E-state index contributed by atoms with van der Waals surface area (Å²) >= 11 is 11.7. The number of hydrogen-bond donors (Lipinski definition) is 0. The van der Waals surface area contributed by atoms with Crippen molar-refractivity contribution in [1.82, 2.24) is 0 Å². The number of halogens is 4. The predicted molar refractivity (Wildman–Crippen MR) is 75.5 cm³/mol. The van der Waals surface area contributed by atoms with Crippen molar-refractivity contribution in [3.8, 4) is 6.07 Å². The van der Waals surface area contributed by atoms with Gasteiger partial charge in [0.2, 0.25) is 0 Å². The maximum absolute atomic E-state index is 13.2. The topological polar surface area (TPSA) is 40.9 Å². The number of carbonyl (C=O) groups excluding carboxylic acids is 1. The van der Waals surface area contributed by atoms with Crippen LogP contribution in [0.25, 0.3) is 0 Å². The van der Waals surface area contributed by atoms with Crippen molar-refractivity contribution in [1.29, 1.82) is 5.26 Å². The Balaban J connectivity index is 2.46. The third kappa shape index (κ3) is 3.38. The summed E-state index contributed by atoms with van der Waals surface area (Å²) < 4.78 is 26.3. The molecule has 0 aromatic heterocycles. The number of Topliss-reactive ketones (excluding diaryl/α,β-unsaturated/α-hetero) is 1. The van der Waals surface area contributed by atoms with Crippen LogP contribution < -0.4 is 0 Å². The van der Waals surface area contributed by atoms with Crippen LogP contribution in [0.2, 0.25) is 10.0 Å². The van der Waals surface area contributed by atoms with Crippen LogP contribution in [0, 0.1) is 23.0 Å². The highest BCUT2D eigenvalue weighted by Crippen LogP contribution is 2.30. The summed E-state index contributed by atoms with van der Waals surface area (Å²) in [6.45, 7) is 0. The second kappa shape index (κ2) is 6.21. The maximum atomic E-state index is 13.2. The summed E-state index contributed by atoms with van der Waals surface area (Å²) in [7, 11) is 0. The largest absolute Gasteiger partial charge is 0.292 e. The standard InChI is InChI=1S/C15H7Cl2F2NO/c16-9-1-2-12(14(17)5-9)13(7-20)15(21)8-3-10(18)6-11(19)4-8/h1-6,13H. The molecule has 0 saturated heterocycles. The van der Waals surface area contributed by atoms with E-state index in [2.05, 4.69) is 0 Å². The van der Waals surface area contributed by atoms with Crippen LogP contribution in [-0.4, -0.2) is 5.78 Å². The van der Waals surface area contributed by atoms with Crippen molar-refractivity contribution < 1.29 is 13.6 Å². The van der Waals surface area contributed by atoms with E-state index in [0.29, 0.717) is 11.1 Å². The minimum Gasteiger partial charge on any atom is -0.292 e. The Kier molecular flexibility index (Phi) is 4.56. The molecule has 0 spiro atoms. The molecule has 106 valence electrons. The lowest BCUT2D eigenvalue weighted by molar-refractivity contribution is 0.0978. The van der Waals surface area contributed by atoms with Crippen LogP contribution >= 0.6 is 23.2 Å². The fourth-order valence-corrected chi connectivity index (χ4v) is 2.39. The number of rotatable bonds is 3. The number of hydrogen-bond acceptors (Lipinski definition) is 2. The van der Waals surface area contributed by atoms with Gasteiger partial charge in [0.15, 0.2) is 5.78 Å². The molecule has 0 amide bonds. The smallest absolute Gasteiger partial charge is 0.184 e. The van der Waals surface area contributed by atoms with E-state index in [1.54, 1.807) is 6.07 Å². The van der Waals surface area contributed by atoms with Crippen LogP contribution in [0.15, 0.2) is 36.4 Å². The lowest BCUT2D eigenvalue weighted by Gasteiger charge is -2.11. The lowest BCUT2D eigenvalue weighted by atomic mass is 9.91. The predicted octanol–water partition coefficient (Wildman–Crippen LogP) is 4.76. The monoisotopic (exact) mass is 325 g/mol. The van der Waals surface area contributed by atoms with Gasteiger partial charge in [0, 0.05) is 21.7 Å². The summed E-state index contributed by atoms with van der Waals surface area (Å²) in [6, 6.07) is 8.50. The van der Waals surface area contributed by atoms with Gasteiger partial charge in [-0.25, -0.2) is 8.78 Å². The third-order valence-corrected chi connectivity index (χ3v) is 3.37. The molecule has 0 aliphatic rings. The second-order valence-electron chi connectivity index (χ2n) is 4.25. The van der Waals surface area contributed by atoms with E-state index >= 15 is 0 Å². The Morgan fingerprint density at radius 1 is 1.10 bits per heavy atom. The molecule has 0 saturated carbocycles. The zero-order chi connectivity index (χ0) is 15.6. The van der Waals surface area contributed by atoms with Gasteiger partial charge in [0.25, 0.3) is 0 Å². The number of nitrogens with zero attached hydrogens (tertiary/aromatic N) is 1. The van der Waals surface area contributed by atoms with Gasteiger partial charge in [-0.15, -0.1) is 0 Å². The Labute approximate surface area is 129 Å². The minimum atomic E-state index is -1.27. The number of ketones is 1. The normalized spacial score (nSPS) is 11.8. The summed E-state index contributed by atoms with van der Waals surface area (Å²) in [5, 5.41) is 9.68. The molecule has 0 bridgehead atoms. The van der Waals surface area contributed by atoms with E-state index < -0.39 is 23.3 Å². The summed E-state index contributed by atoms with van der Waals surface area (Å²) in [6.07, 6.45) is 0. The maximum Gasteiger partial charge on any atom is 0.184 e.